The van der Waals surface area contributed by atoms with E-state index < -0.39 is 17.6 Å². The van der Waals surface area contributed by atoms with Crippen molar-refractivity contribution < 1.29 is 19.1 Å². The quantitative estimate of drug-likeness (QED) is 0.431. The summed E-state index contributed by atoms with van der Waals surface area (Å²) in [5.74, 6) is -2.16. The van der Waals surface area contributed by atoms with Gasteiger partial charge < -0.3 is 15.3 Å². The predicted octanol–water partition coefficient (Wildman–Crippen LogP) is 4.41. The molecule has 0 bridgehead atoms. The van der Waals surface area contributed by atoms with Gasteiger partial charge in [0.05, 0.1) is 6.08 Å². The van der Waals surface area contributed by atoms with E-state index in [1.54, 1.807) is 12.1 Å². The third-order valence-corrected chi connectivity index (χ3v) is 4.69. The molecular formula is C23H26ClFN2O3. The lowest BCUT2D eigenvalue weighted by atomic mass is 10.1. The van der Waals surface area contributed by atoms with E-state index in [0.717, 1.165) is 23.6 Å². The highest BCUT2D eigenvalue weighted by Crippen LogP contribution is 2.13. The first-order valence-electron chi connectivity index (χ1n) is 9.85. The molecule has 2 amide bonds. The number of benzene rings is 2. The van der Waals surface area contributed by atoms with Crippen molar-refractivity contribution in [1.82, 2.24) is 10.2 Å². The topological polar surface area (TPSA) is 69.6 Å². The number of carbonyl (C=O) groups excluding carboxylic acids is 2. The lowest BCUT2D eigenvalue weighted by Gasteiger charge is -2.22. The number of nitrogens with one attached hydrogen (secondary N) is 1. The van der Waals surface area contributed by atoms with Crippen molar-refractivity contribution >= 4 is 23.4 Å². The van der Waals surface area contributed by atoms with Crippen LogP contribution >= 0.6 is 11.6 Å². The largest absolute Gasteiger partial charge is 0.503 e. The normalized spacial score (nSPS) is 11.2. The molecule has 0 heterocycles. The Labute approximate surface area is 181 Å². The summed E-state index contributed by atoms with van der Waals surface area (Å²) in [6.45, 7) is 2.93. The van der Waals surface area contributed by atoms with Gasteiger partial charge in [0.15, 0.2) is 5.76 Å². The van der Waals surface area contributed by atoms with Crippen LogP contribution in [-0.2, 0) is 22.6 Å². The number of nitrogens with zero attached hydrogens (tertiary/aromatic N) is 1. The van der Waals surface area contributed by atoms with E-state index in [1.165, 1.54) is 17.0 Å². The summed E-state index contributed by atoms with van der Waals surface area (Å²) in [6.07, 6.45) is 3.05. The molecule has 0 saturated heterocycles. The fraction of sp³-hybridized carbons (Fsp3) is 0.304. The first kappa shape index (κ1) is 23.4. The number of halogens is 2. The van der Waals surface area contributed by atoms with Gasteiger partial charge in [0.1, 0.15) is 5.82 Å². The minimum atomic E-state index is -0.687. The van der Waals surface area contributed by atoms with Crippen LogP contribution in [0.4, 0.5) is 4.39 Å². The van der Waals surface area contributed by atoms with Gasteiger partial charge in [-0.25, -0.2) is 4.39 Å². The van der Waals surface area contributed by atoms with Gasteiger partial charge >= 0.3 is 0 Å². The molecule has 2 aromatic rings. The fourth-order valence-corrected chi connectivity index (χ4v) is 2.93. The van der Waals surface area contributed by atoms with E-state index in [9.17, 15) is 19.1 Å². The van der Waals surface area contributed by atoms with Gasteiger partial charge in [-0.3, -0.25) is 9.59 Å². The third-order valence-electron chi connectivity index (χ3n) is 4.43. The first-order valence-corrected chi connectivity index (χ1v) is 10.2. The van der Waals surface area contributed by atoms with Gasteiger partial charge in [0.2, 0.25) is 0 Å². The Kier molecular flexibility index (Phi) is 9.35. The van der Waals surface area contributed by atoms with Crippen molar-refractivity contribution in [2.45, 2.75) is 32.7 Å². The highest BCUT2D eigenvalue weighted by Gasteiger charge is 2.16. The van der Waals surface area contributed by atoms with E-state index >= 15 is 0 Å². The second-order valence-electron chi connectivity index (χ2n) is 6.90. The molecule has 0 aliphatic carbocycles. The number of aliphatic hydroxyl groups is 1. The highest BCUT2D eigenvalue weighted by molar-refractivity contribution is 6.30. The van der Waals surface area contributed by atoms with Gasteiger partial charge in [-0.15, -0.1) is 0 Å². The van der Waals surface area contributed by atoms with E-state index in [1.807, 2.05) is 31.2 Å². The summed E-state index contributed by atoms with van der Waals surface area (Å²) in [5.41, 5.74) is 1.84. The molecule has 5 nitrogen and oxygen atoms in total. The molecule has 0 spiro atoms. The zero-order valence-electron chi connectivity index (χ0n) is 16.9. The SMILES string of the molecule is CCCNC(=O)/C(O)=C/C(=O)N(CCCc1ccc(Cl)cc1)Cc1ccc(F)cc1. The zero-order valence-corrected chi connectivity index (χ0v) is 17.7. The third kappa shape index (κ3) is 7.87. The van der Waals surface area contributed by atoms with Gasteiger partial charge in [0, 0.05) is 24.7 Å². The Morgan fingerprint density at radius 1 is 1.10 bits per heavy atom. The summed E-state index contributed by atoms with van der Waals surface area (Å²) >= 11 is 5.90. The Balaban J connectivity index is 2.06. The van der Waals surface area contributed by atoms with Crippen molar-refractivity contribution in [3.63, 3.8) is 0 Å². The summed E-state index contributed by atoms with van der Waals surface area (Å²) < 4.78 is 13.2. The maximum atomic E-state index is 13.2. The molecule has 0 atom stereocenters. The monoisotopic (exact) mass is 432 g/mol. The zero-order chi connectivity index (χ0) is 21.9. The van der Waals surface area contributed by atoms with Crippen LogP contribution in [0.5, 0.6) is 0 Å². The Morgan fingerprint density at radius 2 is 1.73 bits per heavy atom. The summed E-state index contributed by atoms with van der Waals surface area (Å²) in [4.78, 5) is 26.1. The molecule has 0 saturated carbocycles. The molecule has 0 unspecified atom stereocenters. The number of rotatable bonds is 10. The Bertz CT molecular complexity index is 867. The number of aliphatic hydroxyl groups excluding tert-OH is 1. The van der Waals surface area contributed by atoms with E-state index in [0.29, 0.717) is 31.0 Å². The molecule has 7 heteroatoms. The van der Waals surface area contributed by atoms with Crippen LogP contribution in [0, 0.1) is 5.82 Å². The van der Waals surface area contributed by atoms with Crippen LogP contribution in [0.1, 0.15) is 30.9 Å². The van der Waals surface area contributed by atoms with Crippen LogP contribution in [0.25, 0.3) is 0 Å². The molecule has 2 aromatic carbocycles. The Morgan fingerprint density at radius 3 is 2.37 bits per heavy atom. The lowest BCUT2D eigenvalue weighted by molar-refractivity contribution is -0.127. The van der Waals surface area contributed by atoms with Crippen molar-refractivity contribution in [3.8, 4) is 0 Å². The molecule has 0 radical (unpaired) electrons. The van der Waals surface area contributed by atoms with E-state index in [-0.39, 0.29) is 12.4 Å². The average Bonchev–Trinajstić information content (AvgIpc) is 2.74. The van der Waals surface area contributed by atoms with Gasteiger partial charge in [-0.05, 0) is 54.7 Å². The van der Waals surface area contributed by atoms with Gasteiger partial charge in [0.25, 0.3) is 11.8 Å². The lowest BCUT2D eigenvalue weighted by Crippen LogP contribution is -2.32. The standard InChI is InChI=1S/C23H26ClFN2O3/c1-2-13-26-23(30)21(28)15-22(29)27(16-18-7-11-20(25)12-8-18)14-3-4-17-5-9-19(24)10-6-17/h5-12,15,28H,2-4,13-14,16H2,1H3,(H,26,30)/b21-15-. The van der Waals surface area contributed by atoms with E-state index in [2.05, 4.69) is 5.32 Å². The molecule has 0 fully saturated rings. The average molecular weight is 433 g/mol. The van der Waals surface area contributed by atoms with Gasteiger partial charge in [-0.2, -0.15) is 0 Å². The second-order valence-corrected chi connectivity index (χ2v) is 7.34. The highest BCUT2D eigenvalue weighted by atomic mass is 35.5. The number of carbonyl (C=O) groups is 2. The molecule has 0 aliphatic heterocycles. The summed E-state index contributed by atoms with van der Waals surface area (Å²) in [5, 5.41) is 13.1. The second kappa shape index (κ2) is 12.0. The summed E-state index contributed by atoms with van der Waals surface area (Å²) in [6, 6.07) is 13.4. The molecule has 0 aromatic heterocycles. The van der Waals surface area contributed by atoms with Crippen molar-refractivity contribution in [3.05, 3.63) is 82.3 Å². The van der Waals surface area contributed by atoms with Crippen LogP contribution < -0.4 is 5.32 Å². The van der Waals surface area contributed by atoms with Crippen LogP contribution in [0.15, 0.2) is 60.4 Å². The maximum absolute atomic E-state index is 13.2. The maximum Gasteiger partial charge on any atom is 0.286 e. The number of amides is 2. The number of aryl methyl sites for hydroxylation is 1. The number of hydrogen-bond acceptors (Lipinski definition) is 3. The van der Waals surface area contributed by atoms with Crippen LogP contribution in [0.3, 0.4) is 0 Å². The minimum Gasteiger partial charge on any atom is -0.503 e. The van der Waals surface area contributed by atoms with Crippen LogP contribution in [0.2, 0.25) is 5.02 Å². The molecule has 160 valence electrons. The molecule has 30 heavy (non-hydrogen) atoms. The van der Waals surface area contributed by atoms with Gasteiger partial charge in [-0.1, -0.05) is 42.8 Å². The predicted molar refractivity (Wildman–Crippen MR) is 116 cm³/mol. The summed E-state index contributed by atoms with van der Waals surface area (Å²) in [7, 11) is 0. The van der Waals surface area contributed by atoms with Crippen molar-refractivity contribution in [1.29, 1.82) is 0 Å². The van der Waals surface area contributed by atoms with E-state index in [4.69, 9.17) is 11.6 Å². The van der Waals surface area contributed by atoms with Crippen LogP contribution in [-0.4, -0.2) is 34.9 Å². The van der Waals surface area contributed by atoms with Crippen molar-refractivity contribution in [2.75, 3.05) is 13.1 Å². The minimum absolute atomic E-state index is 0.236. The fourth-order valence-electron chi connectivity index (χ4n) is 2.81. The van der Waals surface area contributed by atoms with Crippen molar-refractivity contribution in [2.24, 2.45) is 0 Å². The molecule has 2 N–H and O–H groups in total. The smallest absolute Gasteiger partial charge is 0.286 e. The number of hydrogen-bond donors (Lipinski definition) is 2. The molecular weight excluding hydrogens is 407 g/mol. The molecule has 0 aliphatic rings. The Hall–Kier alpha value is -2.86. The molecule has 2 rings (SSSR count). The first-order chi connectivity index (χ1) is 14.4.